The van der Waals surface area contributed by atoms with E-state index in [4.69, 9.17) is 4.74 Å². The third-order valence-corrected chi connectivity index (χ3v) is 6.24. The lowest BCUT2D eigenvalue weighted by molar-refractivity contribution is -0.123. The van der Waals surface area contributed by atoms with E-state index in [0.29, 0.717) is 24.5 Å². The molecule has 32 heavy (non-hydrogen) atoms. The quantitative estimate of drug-likeness (QED) is 0.699. The summed E-state index contributed by atoms with van der Waals surface area (Å²) in [6, 6.07) is 19.3. The van der Waals surface area contributed by atoms with Crippen molar-refractivity contribution in [3.8, 4) is 11.5 Å². The number of nitrogens with zero attached hydrogens (tertiary/aromatic N) is 1. The van der Waals surface area contributed by atoms with Crippen LogP contribution < -0.4 is 20.6 Å². The van der Waals surface area contributed by atoms with E-state index < -0.39 is 5.92 Å². The van der Waals surface area contributed by atoms with Gasteiger partial charge in [-0.2, -0.15) is 0 Å². The van der Waals surface area contributed by atoms with Gasteiger partial charge in [-0.1, -0.05) is 54.6 Å². The van der Waals surface area contributed by atoms with Crippen molar-refractivity contribution in [2.75, 3.05) is 6.54 Å². The van der Waals surface area contributed by atoms with Crippen LogP contribution in [0, 0.1) is 19.8 Å². The van der Waals surface area contributed by atoms with E-state index in [9.17, 15) is 9.59 Å². The minimum atomic E-state index is -0.447. The minimum Gasteiger partial charge on any atom is -0.457 e. The highest BCUT2D eigenvalue weighted by atomic mass is 16.5. The van der Waals surface area contributed by atoms with Gasteiger partial charge in [-0.15, -0.1) is 0 Å². The van der Waals surface area contributed by atoms with Crippen LogP contribution in [0.2, 0.25) is 0 Å². The van der Waals surface area contributed by atoms with Crippen molar-refractivity contribution in [2.24, 2.45) is 10.9 Å². The van der Waals surface area contributed by atoms with Gasteiger partial charge >= 0.3 is 0 Å². The molecule has 0 bridgehead atoms. The zero-order valence-electron chi connectivity index (χ0n) is 18.1. The summed E-state index contributed by atoms with van der Waals surface area (Å²) in [4.78, 5) is 30.2. The monoisotopic (exact) mass is 424 g/mol. The molecule has 5 rings (SSSR count). The number of hydrogen-bond acceptors (Lipinski definition) is 3. The molecule has 5 heteroatoms. The van der Waals surface area contributed by atoms with Gasteiger partial charge in [0.2, 0.25) is 5.91 Å². The number of nitrogens with one attached hydrogen (secondary N) is 1. The molecule has 0 spiro atoms. The van der Waals surface area contributed by atoms with Crippen LogP contribution >= 0.6 is 0 Å². The van der Waals surface area contributed by atoms with Gasteiger partial charge in [-0.3, -0.25) is 9.59 Å². The lowest BCUT2D eigenvalue weighted by atomic mass is 9.87. The first kappa shape index (κ1) is 20.2. The summed E-state index contributed by atoms with van der Waals surface area (Å²) in [7, 11) is 0. The van der Waals surface area contributed by atoms with E-state index in [0.717, 1.165) is 32.8 Å². The number of ether oxygens (including phenoxy) is 1. The highest BCUT2D eigenvalue weighted by Crippen LogP contribution is 2.43. The zero-order valence-corrected chi connectivity index (χ0v) is 18.1. The van der Waals surface area contributed by atoms with E-state index in [1.165, 1.54) is 0 Å². The Bertz CT molecular complexity index is 1310. The van der Waals surface area contributed by atoms with E-state index in [-0.39, 0.29) is 17.7 Å². The fourth-order valence-electron chi connectivity index (χ4n) is 4.49. The third kappa shape index (κ3) is 3.50. The average molecular weight is 425 g/mol. The van der Waals surface area contributed by atoms with Crippen LogP contribution in [0.3, 0.4) is 0 Å². The number of para-hydroxylation sites is 2. The zero-order chi connectivity index (χ0) is 22.2. The number of aryl methyl sites for hydroxylation is 2. The second-order valence-electron chi connectivity index (χ2n) is 8.38. The summed E-state index contributed by atoms with van der Waals surface area (Å²) < 4.78 is 5.98. The molecular weight excluding hydrogens is 400 g/mol. The molecule has 1 unspecified atom stereocenters. The summed E-state index contributed by atoms with van der Waals surface area (Å²) >= 11 is 0. The van der Waals surface area contributed by atoms with Gasteiger partial charge in [0.1, 0.15) is 11.5 Å². The molecule has 2 aliphatic heterocycles. The topological polar surface area (TPSA) is 67.8 Å². The first-order valence-corrected chi connectivity index (χ1v) is 10.9. The Hall–Kier alpha value is -3.73. The highest BCUT2D eigenvalue weighted by Gasteiger charge is 2.32. The molecule has 3 aromatic carbocycles. The van der Waals surface area contributed by atoms with Crippen LogP contribution in [-0.2, 0) is 9.59 Å². The Morgan fingerprint density at radius 2 is 1.56 bits per heavy atom. The van der Waals surface area contributed by atoms with Gasteiger partial charge in [0.05, 0.1) is 17.2 Å². The Kier molecular flexibility index (Phi) is 5.10. The predicted molar refractivity (Wildman–Crippen MR) is 122 cm³/mol. The van der Waals surface area contributed by atoms with E-state index in [1.54, 1.807) is 0 Å². The van der Waals surface area contributed by atoms with E-state index >= 15 is 0 Å². The molecule has 0 fully saturated rings. The largest absolute Gasteiger partial charge is 0.457 e. The van der Waals surface area contributed by atoms with Crippen molar-refractivity contribution < 1.29 is 14.3 Å². The second-order valence-corrected chi connectivity index (χ2v) is 8.38. The molecule has 0 radical (unpaired) electrons. The van der Waals surface area contributed by atoms with Gasteiger partial charge < -0.3 is 10.1 Å². The van der Waals surface area contributed by atoms with Crippen LogP contribution in [0.15, 0.2) is 65.7 Å². The van der Waals surface area contributed by atoms with Crippen molar-refractivity contribution in [3.05, 3.63) is 93.5 Å². The maximum Gasteiger partial charge on any atom is 0.253 e. The molecule has 0 saturated carbocycles. The normalized spacial score (nSPS) is 16.6. The standard InChI is InChI=1S/C27H24N2O3/c1-16-11-12-17(2)25-21(16)15-18(26(30)29-25)13-14-28-27(31)24-19-7-3-5-9-22(19)32-23-10-6-4-8-20(23)24/h3-12,15,18,24H,13-14H2,1-2H3,(H,28,31). The summed E-state index contributed by atoms with van der Waals surface area (Å²) in [5.74, 6) is 0.366. The van der Waals surface area contributed by atoms with Crippen molar-refractivity contribution in [3.63, 3.8) is 0 Å². The Morgan fingerprint density at radius 3 is 2.25 bits per heavy atom. The first-order valence-electron chi connectivity index (χ1n) is 10.9. The molecule has 2 aliphatic rings. The molecule has 5 nitrogen and oxygen atoms in total. The molecule has 3 aromatic rings. The predicted octanol–water partition coefficient (Wildman–Crippen LogP) is 3.30. The smallest absolute Gasteiger partial charge is 0.253 e. The number of hydrogen-bond donors (Lipinski definition) is 1. The van der Waals surface area contributed by atoms with E-state index in [1.807, 2.05) is 74.5 Å². The summed E-state index contributed by atoms with van der Waals surface area (Å²) in [6.45, 7) is 4.38. The average Bonchev–Trinajstić information content (AvgIpc) is 2.80. The SMILES string of the molecule is Cc1ccc(C)c2c1=CC(CCNC(=O)C1c3ccccc3Oc3ccccc31)C(=O)N=2. The van der Waals surface area contributed by atoms with Crippen LogP contribution in [0.1, 0.15) is 34.6 Å². The number of fused-ring (bicyclic) bond motifs is 3. The maximum absolute atomic E-state index is 13.3. The summed E-state index contributed by atoms with van der Waals surface area (Å²) in [6.07, 6.45) is 2.51. The van der Waals surface area contributed by atoms with Crippen LogP contribution in [-0.4, -0.2) is 18.4 Å². The third-order valence-electron chi connectivity index (χ3n) is 6.24. The van der Waals surface area contributed by atoms with Crippen molar-refractivity contribution in [1.82, 2.24) is 5.32 Å². The van der Waals surface area contributed by atoms with Crippen LogP contribution in [0.25, 0.3) is 6.08 Å². The Balaban J connectivity index is 1.35. The molecule has 1 atom stereocenters. The number of benzene rings is 3. The molecule has 0 saturated heterocycles. The Morgan fingerprint density at radius 1 is 0.938 bits per heavy atom. The maximum atomic E-state index is 13.3. The lowest BCUT2D eigenvalue weighted by Crippen LogP contribution is -2.39. The molecule has 0 aliphatic carbocycles. The van der Waals surface area contributed by atoms with Gasteiger partial charge in [-0.25, -0.2) is 4.99 Å². The van der Waals surface area contributed by atoms with Gasteiger partial charge in [0, 0.05) is 22.9 Å². The number of carbonyl (C=O) groups is 2. The highest BCUT2D eigenvalue weighted by molar-refractivity contribution is 5.90. The van der Waals surface area contributed by atoms with Crippen molar-refractivity contribution >= 4 is 17.9 Å². The number of amides is 2. The second kappa shape index (κ2) is 8.08. The number of carbonyl (C=O) groups excluding carboxylic acids is 2. The summed E-state index contributed by atoms with van der Waals surface area (Å²) in [5, 5.41) is 4.83. The van der Waals surface area contributed by atoms with Crippen LogP contribution in [0.4, 0.5) is 0 Å². The van der Waals surface area contributed by atoms with Gasteiger partial charge in [0.15, 0.2) is 0 Å². The van der Waals surface area contributed by atoms with E-state index in [2.05, 4.69) is 16.4 Å². The fourth-order valence-corrected chi connectivity index (χ4v) is 4.49. The molecule has 160 valence electrons. The fraction of sp³-hybridized carbons (Fsp3) is 0.222. The lowest BCUT2D eigenvalue weighted by Gasteiger charge is -2.27. The summed E-state index contributed by atoms with van der Waals surface area (Å²) in [5.41, 5.74) is 3.79. The molecule has 0 aromatic heterocycles. The van der Waals surface area contributed by atoms with Gasteiger partial charge in [-0.05, 0) is 43.5 Å². The molecule has 1 N–H and O–H groups in total. The molecule has 2 amide bonds. The number of rotatable bonds is 4. The van der Waals surface area contributed by atoms with Gasteiger partial charge in [0.25, 0.3) is 5.91 Å². The minimum absolute atomic E-state index is 0.0965. The van der Waals surface area contributed by atoms with Crippen molar-refractivity contribution in [1.29, 1.82) is 0 Å². The van der Waals surface area contributed by atoms with Crippen LogP contribution in [0.5, 0.6) is 11.5 Å². The first-order chi connectivity index (χ1) is 15.5. The Labute approximate surface area is 186 Å². The molecular formula is C27H24N2O3. The van der Waals surface area contributed by atoms with Crippen molar-refractivity contribution in [2.45, 2.75) is 26.2 Å². The molecule has 2 heterocycles.